The molecule has 1 heterocycles. The number of benzene rings is 2. The van der Waals surface area contributed by atoms with Crippen molar-refractivity contribution in [2.45, 2.75) is 37.8 Å². The molecule has 2 N–H and O–H groups in total. The Balaban J connectivity index is 1.93. The summed E-state index contributed by atoms with van der Waals surface area (Å²) in [6, 6.07) is 7.98. The highest BCUT2D eigenvalue weighted by Crippen LogP contribution is 2.25. The van der Waals surface area contributed by atoms with Crippen LogP contribution >= 0.6 is 11.6 Å². The standard InChI is InChI=1S/C19H19ClN4O6S/c1-2-3-8-23-16-7-5-13(31(21,28)29)10-15(16)22-18(23)11-30-19(25)14-6-4-12(20)9-17(14)24(26)27/h4-7,9-10H,2-3,8,11H2,1H3,(H2,21,28,29). The zero-order valence-electron chi connectivity index (χ0n) is 16.4. The van der Waals surface area contributed by atoms with Crippen LogP contribution in [0.15, 0.2) is 41.3 Å². The van der Waals surface area contributed by atoms with Crippen molar-refractivity contribution in [3.63, 3.8) is 0 Å². The van der Waals surface area contributed by atoms with Gasteiger partial charge in [-0.15, -0.1) is 0 Å². The molecule has 164 valence electrons. The second-order valence-corrected chi connectivity index (χ2v) is 8.72. The van der Waals surface area contributed by atoms with Gasteiger partial charge < -0.3 is 9.30 Å². The molecule has 0 bridgehead atoms. The zero-order valence-corrected chi connectivity index (χ0v) is 18.0. The summed E-state index contributed by atoms with van der Waals surface area (Å²) in [6.07, 6.45) is 1.71. The number of nitrogens with two attached hydrogens (primary N) is 1. The molecule has 0 aliphatic rings. The van der Waals surface area contributed by atoms with Crippen LogP contribution in [0.1, 0.15) is 35.9 Å². The number of ether oxygens (including phenoxy) is 1. The molecule has 0 unspecified atom stereocenters. The second kappa shape index (κ2) is 9.00. The quantitative estimate of drug-likeness (QED) is 0.304. The van der Waals surface area contributed by atoms with Gasteiger partial charge in [0, 0.05) is 17.6 Å². The number of unbranched alkanes of at least 4 members (excludes halogenated alkanes) is 1. The highest BCUT2D eigenvalue weighted by atomic mass is 35.5. The first-order valence-corrected chi connectivity index (χ1v) is 11.2. The fourth-order valence-electron chi connectivity index (χ4n) is 3.05. The Morgan fingerprint density at radius 1 is 1.29 bits per heavy atom. The maximum Gasteiger partial charge on any atom is 0.345 e. The number of nitro groups is 1. The number of carbonyl (C=O) groups excluding carboxylic acids is 1. The van der Waals surface area contributed by atoms with Gasteiger partial charge in [0.15, 0.2) is 0 Å². The molecule has 0 aliphatic heterocycles. The van der Waals surface area contributed by atoms with Gasteiger partial charge in [0.2, 0.25) is 10.0 Å². The van der Waals surface area contributed by atoms with Gasteiger partial charge in [-0.2, -0.15) is 0 Å². The molecular weight excluding hydrogens is 448 g/mol. The minimum atomic E-state index is -3.90. The number of aromatic nitrogens is 2. The summed E-state index contributed by atoms with van der Waals surface area (Å²) in [5.74, 6) is -0.525. The average molecular weight is 467 g/mol. The number of halogens is 1. The van der Waals surface area contributed by atoms with Gasteiger partial charge in [0.05, 0.1) is 20.9 Å². The van der Waals surface area contributed by atoms with Gasteiger partial charge in [-0.05, 0) is 36.8 Å². The molecule has 3 aromatic rings. The number of nitro benzene ring substituents is 1. The van der Waals surface area contributed by atoms with E-state index in [0.29, 0.717) is 23.4 Å². The number of aryl methyl sites for hydroxylation is 1. The molecule has 0 spiro atoms. The molecule has 1 aromatic heterocycles. The lowest BCUT2D eigenvalue weighted by atomic mass is 10.2. The molecule has 0 saturated heterocycles. The third kappa shape index (κ3) is 5.01. The number of sulfonamides is 1. The van der Waals surface area contributed by atoms with Crippen LogP contribution in [0.4, 0.5) is 5.69 Å². The molecule has 0 aliphatic carbocycles. The number of fused-ring (bicyclic) bond motifs is 1. The number of carbonyl (C=O) groups is 1. The average Bonchev–Trinajstić information content (AvgIpc) is 3.06. The highest BCUT2D eigenvalue weighted by Gasteiger charge is 2.23. The van der Waals surface area contributed by atoms with Crippen molar-refractivity contribution in [1.82, 2.24) is 9.55 Å². The topological polar surface area (TPSA) is 147 Å². The predicted molar refractivity (Wildman–Crippen MR) is 113 cm³/mol. The third-order valence-corrected chi connectivity index (χ3v) is 5.72. The van der Waals surface area contributed by atoms with Crippen molar-refractivity contribution in [3.8, 4) is 0 Å². The lowest BCUT2D eigenvalue weighted by Gasteiger charge is -2.10. The van der Waals surface area contributed by atoms with Crippen molar-refractivity contribution in [2.75, 3.05) is 0 Å². The van der Waals surface area contributed by atoms with E-state index in [0.717, 1.165) is 18.9 Å². The number of primary sulfonamides is 1. The van der Waals surface area contributed by atoms with Crippen molar-refractivity contribution in [3.05, 3.63) is 62.9 Å². The maximum absolute atomic E-state index is 12.5. The predicted octanol–water partition coefficient (Wildman–Crippen LogP) is 3.40. The maximum atomic E-state index is 12.5. The number of imidazole rings is 1. The Morgan fingerprint density at radius 3 is 2.68 bits per heavy atom. The number of nitrogens with zero attached hydrogens (tertiary/aromatic N) is 3. The summed E-state index contributed by atoms with van der Waals surface area (Å²) in [5.41, 5.74) is 0.340. The van der Waals surface area contributed by atoms with E-state index in [1.54, 1.807) is 6.07 Å². The molecule has 2 aromatic carbocycles. The number of hydrogen-bond donors (Lipinski definition) is 1. The molecule has 12 heteroatoms. The summed E-state index contributed by atoms with van der Waals surface area (Å²) < 4.78 is 30.4. The molecule has 31 heavy (non-hydrogen) atoms. The van der Waals surface area contributed by atoms with Crippen LogP contribution in [0.3, 0.4) is 0 Å². The smallest absolute Gasteiger partial charge is 0.345 e. The largest absolute Gasteiger partial charge is 0.454 e. The Morgan fingerprint density at radius 2 is 2.03 bits per heavy atom. The summed E-state index contributed by atoms with van der Waals surface area (Å²) in [4.78, 5) is 27.3. The van der Waals surface area contributed by atoms with E-state index < -0.39 is 26.6 Å². The molecule has 0 fully saturated rings. The fraction of sp³-hybridized carbons (Fsp3) is 0.263. The van der Waals surface area contributed by atoms with Crippen LogP contribution in [-0.4, -0.2) is 28.9 Å². The lowest BCUT2D eigenvalue weighted by Crippen LogP contribution is -2.12. The van der Waals surface area contributed by atoms with Crippen LogP contribution < -0.4 is 5.14 Å². The van der Waals surface area contributed by atoms with Gasteiger partial charge >= 0.3 is 5.97 Å². The van der Waals surface area contributed by atoms with E-state index in [-0.39, 0.29) is 22.1 Å². The summed E-state index contributed by atoms with van der Waals surface area (Å²) in [7, 11) is -3.90. The summed E-state index contributed by atoms with van der Waals surface area (Å²) in [6.45, 7) is 2.31. The minimum absolute atomic E-state index is 0.0829. The third-order valence-electron chi connectivity index (χ3n) is 4.57. The number of esters is 1. The zero-order chi connectivity index (χ0) is 22.8. The Bertz CT molecular complexity index is 1270. The van der Waals surface area contributed by atoms with Crippen LogP contribution in [-0.2, 0) is 27.9 Å². The van der Waals surface area contributed by atoms with Gasteiger partial charge in [-0.3, -0.25) is 10.1 Å². The molecule has 3 rings (SSSR count). The van der Waals surface area contributed by atoms with Crippen molar-refractivity contribution in [1.29, 1.82) is 0 Å². The fourth-order valence-corrected chi connectivity index (χ4v) is 3.75. The SMILES string of the molecule is CCCCn1c(COC(=O)c2ccc(Cl)cc2[N+](=O)[O-])nc2cc(S(N)(=O)=O)ccc21. The van der Waals surface area contributed by atoms with Gasteiger partial charge in [-0.1, -0.05) is 24.9 Å². The van der Waals surface area contributed by atoms with Crippen LogP contribution in [0.2, 0.25) is 5.02 Å². The Hall–Kier alpha value is -3.02. The van der Waals surface area contributed by atoms with Crippen LogP contribution in [0.25, 0.3) is 11.0 Å². The van der Waals surface area contributed by atoms with Gasteiger partial charge in [-0.25, -0.2) is 23.3 Å². The highest BCUT2D eigenvalue weighted by molar-refractivity contribution is 7.89. The molecule has 0 amide bonds. The first-order valence-electron chi connectivity index (χ1n) is 9.25. The monoisotopic (exact) mass is 466 g/mol. The molecule has 10 nitrogen and oxygen atoms in total. The Labute approximate surface area is 182 Å². The summed E-state index contributed by atoms with van der Waals surface area (Å²) >= 11 is 5.78. The van der Waals surface area contributed by atoms with Crippen LogP contribution in [0.5, 0.6) is 0 Å². The van der Waals surface area contributed by atoms with E-state index in [1.807, 2.05) is 11.5 Å². The van der Waals surface area contributed by atoms with Crippen LogP contribution in [0, 0.1) is 10.1 Å². The summed E-state index contributed by atoms with van der Waals surface area (Å²) in [5, 5.41) is 16.5. The number of rotatable bonds is 8. The number of hydrogen-bond acceptors (Lipinski definition) is 7. The molecular formula is C19H19ClN4O6S. The van der Waals surface area contributed by atoms with Crippen molar-refractivity contribution >= 4 is 44.3 Å². The van der Waals surface area contributed by atoms with E-state index in [9.17, 15) is 23.3 Å². The Kier molecular flexibility index (Phi) is 6.58. The van der Waals surface area contributed by atoms with E-state index in [1.165, 1.54) is 24.3 Å². The van der Waals surface area contributed by atoms with Crippen molar-refractivity contribution in [2.24, 2.45) is 5.14 Å². The second-order valence-electron chi connectivity index (χ2n) is 6.72. The van der Waals surface area contributed by atoms with Gasteiger partial charge in [0.25, 0.3) is 5.69 Å². The van der Waals surface area contributed by atoms with E-state index >= 15 is 0 Å². The van der Waals surface area contributed by atoms with Crippen molar-refractivity contribution < 1.29 is 22.9 Å². The lowest BCUT2D eigenvalue weighted by molar-refractivity contribution is -0.385. The van der Waals surface area contributed by atoms with Gasteiger partial charge in [0.1, 0.15) is 18.0 Å². The normalized spacial score (nSPS) is 11.6. The van der Waals surface area contributed by atoms with E-state index in [2.05, 4.69) is 4.98 Å². The first-order chi connectivity index (χ1) is 14.6. The van der Waals surface area contributed by atoms with E-state index in [4.69, 9.17) is 21.5 Å². The first kappa shape index (κ1) is 22.7. The molecule has 0 radical (unpaired) electrons. The molecule has 0 saturated carbocycles. The molecule has 0 atom stereocenters. The minimum Gasteiger partial charge on any atom is -0.454 e.